The van der Waals surface area contributed by atoms with E-state index in [0.717, 1.165) is 24.0 Å². The average molecular weight is 735 g/mol. The van der Waals surface area contributed by atoms with E-state index < -0.39 is 31.5 Å². The summed E-state index contributed by atoms with van der Waals surface area (Å²) >= 11 is 0. The number of unbranched alkanes of at least 4 members (excludes halogenated alkanes) is 2. The van der Waals surface area contributed by atoms with Gasteiger partial charge >= 0.3 is 11.9 Å². The van der Waals surface area contributed by atoms with Gasteiger partial charge in [-0.3, -0.25) is 14.2 Å². The van der Waals surface area contributed by atoms with E-state index in [9.17, 15) is 9.59 Å². The van der Waals surface area contributed by atoms with E-state index in [1.165, 1.54) is 0 Å². The Bertz CT molecular complexity index is 1680. The van der Waals surface area contributed by atoms with Gasteiger partial charge in [0.05, 0.1) is 26.1 Å². The molecule has 2 atom stereocenters. The van der Waals surface area contributed by atoms with Crippen LogP contribution in [0.5, 0.6) is 0 Å². The first-order valence-corrected chi connectivity index (χ1v) is 19.6. The highest BCUT2D eigenvalue weighted by Crippen LogP contribution is 2.39. The number of nitrogen functional groups attached to an aromatic ring is 1. The van der Waals surface area contributed by atoms with Gasteiger partial charge in [0.25, 0.3) is 0 Å². The van der Waals surface area contributed by atoms with E-state index in [4.69, 9.17) is 19.9 Å². The van der Waals surface area contributed by atoms with E-state index in [0.29, 0.717) is 36.4 Å². The first-order chi connectivity index (χ1) is 25.2. The third kappa shape index (κ3) is 12.6. The summed E-state index contributed by atoms with van der Waals surface area (Å²) in [4.78, 5) is 40.1. The molecular weight excluding hydrogens is 683 g/mol. The molecule has 0 aliphatic carbocycles. The molecule has 0 bridgehead atoms. The van der Waals surface area contributed by atoms with Crippen LogP contribution in [0.3, 0.4) is 0 Å². The number of esters is 2. The van der Waals surface area contributed by atoms with Crippen LogP contribution in [0.1, 0.15) is 50.7 Å². The van der Waals surface area contributed by atoms with Crippen LogP contribution < -0.4 is 21.2 Å². The summed E-state index contributed by atoms with van der Waals surface area (Å²) in [5.41, 5.74) is 8.69. The average Bonchev–Trinajstić information content (AvgIpc) is 3.55. The largest absolute Gasteiger partial charge is 0.465 e. The van der Waals surface area contributed by atoms with Gasteiger partial charge in [-0.1, -0.05) is 93.4 Å². The van der Waals surface area contributed by atoms with Crippen molar-refractivity contribution in [3.8, 4) is 0 Å². The van der Waals surface area contributed by atoms with Gasteiger partial charge in [-0.25, -0.2) is 15.2 Å². The van der Waals surface area contributed by atoms with Crippen molar-refractivity contribution in [1.29, 1.82) is 0 Å². The smallest absolute Gasteiger partial charge is 0.323 e. The Hall–Kier alpha value is -4.62. The van der Waals surface area contributed by atoms with Crippen LogP contribution in [0.2, 0.25) is 0 Å². The number of rotatable bonds is 24. The number of hydrogen-bond acceptors (Lipinski definition) is 11. The Kier molecular flexibility index (Phi) is 16.2. The van der Waals surface area contributed by atoms with Gasteiger partial charge in [-0.2, -0.15) is 9.97 Å². The molecule has 2 aromatic carbocycles. The number of nitrogens with zero attached hydrogens (tertiary/aromatic N) is 4. The lowest BCUT2D eigenvalue weighted by molar-refractivity contribution is -0.146. The maximum absolute atomic E-state index is 15.0. The third-order valence-corrected chi connectivity index (χ3v) is 10.00. The van der Waals surface area contributed by atoms with Crippen molar-refractivity contribution in [3.63, 3.8) is 0 Å². The van der Waals surface area contributed by atoms with Crippen molar-refractivity contribution in [3.05, 3.63) is 90.8 Å². The van der Waals surface area contributed by atoms with Crippen LogP contribution in [0.4, 0.5) is 11.8 Å². The molecule has 0 aliphatic rings. The number of carbonyl (C=O) groups excluding carboxylic acids is 2. The molecule has 4 rings (SSSR count). The molecular formula is C37H51N8O6P. The molecule has 280 valence electrons. The summed E-state index contributed by atoms with van der Waals surface area (Å²) in [7, 11) is -3.89. The highest BCUT2D eigenvalue weighted by Gasteiger charge is 2.36. The monoisotopic (exact) mass is 734 g/mol. The fraction of sp³-hybridized carbons (Fsp3) is 0.432. The molecule has 2 aromatic heterocycles. The van der Waals surface area contributed by atoms with Crippen LogP contribution in [-0.2, 0) is 47.8 Å². The van der Waals surface area contributed by atoms with E-state index in [1.54, 1.807) is 17.0 Å². The van der Waals surface area contributed by atoms with Crippen molar-refractivity contribution in [2.24, 2.45) is 0 Å². The van der Waals surface area contributed by atoms with Gasteiger partial charge in [0.2, 0.25) is 13.4 Å². The molecule has 0 radical (unpaired) electrons. The molecule has 15 heteroatoms. The minimum absolute atomic E-state index is 0.0743. The van der Waals surface area contributed by atoms with Gasteiger partial charge in [-0.15, -0.1) is 6.58 Å². The van der Waals surface area contributed by atoms with Gasteiger partial charge in [0.15, 0.2) is 17.0 Å². The fourth-order valence-electron chi connectivity index (χ4n) is 5.29. The molecule has 0 saturated carbocycles. The zero-order chi connectivity index (χ0) is 37.2. The second-order valence-electron chi connectivity index (χ2n) is 12.3. The maximum atomic E-state index is 15.0. The lowest BCUT2D eigenvalue weighted by atomic mass is 10.1. The predicted molar refractivity (Wildman–Crippen MR) is 203 cm³/mol. The second-order valence-corrected chi connectivity index (χ2v) is 14.5. The summed E-state index contributed by atoms with van der Waals surface area (Å²) in [6.07, 6.45) is 6.41. The summed E-state index contributed by atoms with van der Waals surface area (Å²) < 4.78 is 34.0. The number of ether oxygens (including phenoxy) is 3. The molecule has 5 N–H and O–H groups in total. The highest BCUT2D eigenvalue weighted by atomic mass is 31.2. The summed E-state index contributed by atoms with van der Waals surface area (Å²) in [6.45, 7) is 9.02. The lowest BCUT2D eigenvalue weighted by Crippen LogP contribution is -2.46. The van der Waals surface area contributed by atoms with Gasteiger partial charge < -0.3 is 29.8 Å². The first-order valence-electron chi connectivity index (χ1n) is 17.7. The Morgan fingerprint density at radius 1 is 0.885 bits per heavy atom. The van der Waals surface area contributed by atoms with Crippen LogP contribution in [0.15, 0.2) is 79.6 Å². The van der Waals surface area contributed by atoms with Crippen molar-refractivity contribution < 1.29 is 28.4 Å². The second kappa shape index (κ2) is 21.0. The molecule has 0 spiro atoms. The van der Waals surface area contributed by atoms with E-state index in [-0.39, 0.29) is 51.5 Å². The summed E-state index contributed by atoms with van der Waals surface area (Å²) in [6, 6.07) is 16.8. The molecule has 0 saturated heterocycles. The van der Waals surface area contributed by atoms with Crippen LogP contribution >= 0.6 is 7.44 Å². The highest BCUT2D eigenvalue weighted by molar-refractivity contribution is 7.59. The topological polar surface area (TPSA) is 185 Å². The first kappa shape index (κ1) is 40.2. The zero-order valence-electron chi connectivity index (χ0n) is 30.0. The molecule has 52 heavy (non-hydrogen) atoms. The number of anilines is 2. The minimum Gasteiger partial charge on any atom is -0.465 e. The fourth-order valence-corrected chi connectivity index (χ4v) is 7.30. The lowest BCUT2D eigenvalue weighted by Gasteiger charge is -2.29. The van der Waals surface area contributed by atoms with Crippen molar-refractivity contribution in [2.45, 2.75) is 71.0 Å². The van der Waals surface area contributed by atoms with Gasteiger partial charge in [0.1, 0.15) is 18.4 Å². The minimum atomic E-state index is -3.89. The number of nitrogens with one attached hydrogen (secondary N) is 3. The van der Waals surface area contributed by atoms with Crippen molar-refractivity contribution in [1.82, 2.24) is 29.7 Å². The number of aromatic nitrogens is 4. The number of benzene rings is 2. The van der Waals surface area contributed by atoms with Gasteiger partial charge in [-0.05, 0) is 36.8 Å². The zero-order valence-corrected chi connectivity index (χ0v) is 30.9. The Balaban J connectivity index is 1.59. The molecule has 2 heterocycles. The quantitative estimate of drug-likeness (QED) is 0.0317. The number of imidazole rings is 1. The SMILES string of the molecule is C=CCNc1nc(N)nc2c1ncn2CCOCP(=O)(N[C@@H](Cc1ccccc1)C(=O)OCCCC)N[C@@H](Cc1ccccc1)C(=O)OCCCC. The number of nitrogens with two attached hydrogens (primary N) is 1. The molecule has 14 nitrogen and oxygen atoms in total. The van der Waals surface area contributed by atoms with E-state index in [1.807, 2.05) is 74.5 Å². The molecule has 0 fully saturated rings. The third-order valence-electron chi connectivity index (χ3n) is 7.99. The van der Waals surface area contributed by atoms with Crippen LogP contribution in [-0.4, -0.2) is 76.3 Å². The molecule has 4 aromatic rings. The molecule has 0 unspecified atom stereocenters. The van der Waals surface area contributed by atoms with Crippen molar-refractivity contribution >= 4 is 42.3 Å². The Morgan fingerprint density at radius 3 is 1.96 bits per heavy atom. The Labute approximate surface area is 305 Å². The summed E-state index contributed by atoms with van der Waals surface area (Å²) in [5, 5.41) is 9.25. The number of fused-ring (bicyclic) bond motifs is 1. The van der Waals surface area contributed by atoms with Crippen LogP contribution in [0, 0.1) is 0 Å². The van der Waals surface area contributed by atoms with Gasteiger partial charge in [0, 0.05) is 13.1 Å². The summed E-state index contributed by atoms with van der Waals surface area (Å²) in [5.74, 6) is -0.546. The molecule has 0 aliphatic heterocycles. The standard InChI is InChI=1S/C37H51N8O6P/c1-4-7-21-50-35(46)30(24-28-15-11-9-12-16-28)43-52(48,44-31(36(47)51-22-8-5-2)25-29-17-13-10-14-18-29)27-49-23-20-45-26-40-32-33(39-19-6-3)41-37(38)42-34(32)45/h6,9-18,26,30-31H,3-5,7-8,19-25,27H2,1-2H3,(H2,43,44,48)(H3,38,39,41,42)/t30-,31-/m0/s1. The predicted octanol–water partition coefficient (Wildman–Crippen LogP) is 5.26. The van der Waals surface area contributed by atoms with E-state index >= 15 is 4.57 Å². The maximum Gasteiger partial charge on any atom is 0.323 e. The molecule has 0 amide bonds. The number of hydrogen-bond donors (Lipinski definition) is 4. The number of carbonyl (C=O) groups is 2. The Morgan fingerprint density at radius 2 is 1.44 bits per heavy atom. The van der Waals surface area contributed by atoms with E-state index in [2.05, 4.69) is 37.0 Å². The van der Waals surface area contributed by atoms with Crippen molar-refractivity contribution in [2.75, 3.05) is 43.8 Å². The van der Waals surface area contributed by atoms with Crippen LogP contribution in [0.25, 0.3) is 11.2 Å². The normalized spacial score (nSPS) is 12.7.